The van der Waals surface area contributed by atoms with Crippen LogP contribution in [0.4, 0.5) is 46.8 Å². The van der Waals surface area contributed by atoms with Gasteiger partial charge >= 0.3 is 18.3 Å². The van der Waals surface area contributed by atoms with Crippen LogP contribution in [0.25, 0.3) is 5.65 Å². The molecule has 3 aromatic rings. The smallest absolute Gasteiger partial charge is 0.456 e. The Hall–Kier alpha value is -3.46. The van der Waals surface area contributed by atoms with E-state index in [4.69, 9.17) is 0 Å². The molecule has 1 aliphatic rings. The molecule has 3 aromatic heterocycles. The third-order valence-electron chi connectivity index (χ3n) is 6.24. The van der Waals surface area contributed by atoms with E-state index in [0.29, 0.717) is 25.2 Å². The lowest BCUT2D eigenvalue weighted by Gasteiger charge is -2.30. The van der Waals surface area contributed by atoms with Crippen molar-refractivity contribution in [3.8, 4) is 5.88 Å². The molecule has 38 heavy (non-hydrogen) atoms. The highest BCUT2D eigenvalue weighted by atomic mass is 19.4. The van der Waals surface area contributed by atoms with Gasteiger partial charge in [-0.25, -0.2) is 9.50 Å². The lowest BCUT2D eigenvalue weighted by Crippen LogP contribution is -2.41. The highest BCUT2D eigenvalue weighted by Crippen LogP contribution is 2.36. The summed E-state index contributed by atoms with van der Waals surface area (Å²) in [6.07, 6.45) is -4.47. The van der Waals surface area contributed by atoms with Crippen LogP contribution in [-0.4, -0.2) is 62.4 Å². The normalized spacial score (nSPS) is 18.7. The second-order valence-electron chi connectivity index (χ2n) is 8.80. The van der Waals surface area contributed by atoms with E-state index in [-0.39, 0.29) is 23.6 Å². The van der Waals surface area contributed by atoms with Crippen molar-refractivity contribution in [2.24, 2.45) is 5.92 Å². The summed E-state index contributed by atoms with van der Waals surface area (Å²) in [5, 5.41) is 7.33. The quantitative estimate of drug-likeness (QED) is 0.364. The topological polar surface area (TPSA) is 80.5 Å². The summed E-state index contributed by atoms with van der Waals surface area (Å²) in [4.78, 5) is 13.1. The molecule has 1 fully saturated rings. The number of fused-ring (bicyclic) bond motifs is 1. The minimum Gasteiger partial charge on any atom is -0.468 e. The predicted molar refractivity (Wildman–Crippen MR) is 119 cm³/mol. The van der Waals surface area contributed by atoms with E-state index in [2.05, 4.69) is 30.1 Å². The van der Waals surface area contributed by atoms with Crippen LogP contribution >= 0.6 is 0 Å². The van der Waals surface area contributed by atoms with E-state index >= 15 is 0 Å². The summed E-state index contributed by atoms with van der Waals surface area (Å²) in [6, 6.07) is 2.34. The monoisotopic (exact) mass is 553 g/mol. The lowest BCUT2D eigenvalue weighted by atomic mass is 10.0. The number of hydrogen-bond donors (Lipinski definition) is 1. The SMILES string of the molecule is CCN(C[C@@H]1CCC[C@H]1Nc1nc2c(OCC(F)(F)C(F)(F)F)nccn2n1)c1ccnc(C(F)(F)F)c1. The van der Waals surface area contributed by atoms with Crippen LogP contribution in [0, 0.1) is 5.92 Å². The Morgan fingerprint density at radius 2 is 1.84 bits per heavy atom. The van der Waals surface area contributed by atoms with Crippen molar-refractivity contribution in [3.05, 3.63) is 36.4 Å². The molecule has 208 valence electrons. The summed E-state index contributed by atoms with van der Waals surface area (Å²) in [5.74, 6) is -5.55. The molecule has 1 saturated carbocycles. The van der Waals surface area contributed by atoms with Crippen LogP contribution in [0.1, 0.15) is 31.9 Å². The zero-order chi connectivity index (χ0) is 27.7. The van der Waals surface area contributed by atoms with Gasteiger partial charge in [0, 0.05) is 43.4 Å². The molecular weight excluding hydrogens is 530 g/mol. The number of nitrogens with zero attached hydrogens (tertiary/aromatic N) is 6. The molecule has 2 atom stereocenters. The van der Waals surface area contributed by atoms with Crippen molar-refractivity contribution < 1.29 is 39.9 Å². The van der Waals surface area contributed by atoms with Gasteiger partial charge < -0.3 is 15.0 Å². The maximum absolute atomic E-state index is 13.3. The van der Waals surface area contributed by atoms with E-state index in [1.165, 1.54) is 12.3 Å². The maximum Gasteiger partial charge on any atom is 0.456 e. The van der Waals surface area contributed by atoms with E-state index in [1.54, 1.807) is 0 Å². The Morgan fingerprint density at radius 1 is 1.08 bits per heavy atom. The molecule has 1 N–H and O–H groups in total. The Labute approximate surface area is 211 Å². The molecule has 4 rings (SSSR count). The zero-order valence-electron chi connectivity index (χ0n) is 19.9. The van der Waals surface area contributed by atoms with Gasteiger partial charge in [-0.15, -0.1) is 5.10 Å². The third-order valence-corrected chi connectivity index (χ3v) is 6.24. The number of alkyl halides is 8. The van der Waals surface area contributed by atoms with Crippen LogP contribution < -0.4 is 15.0 Å². The number of nitrogens with one attached hydrogen (secondary N) is 1. The van der Waals surface area contributed by atoms with Crippen molar-refractivity contribution in [2.45, 2.75) is 50.5 Å². The van der Waals surface area contributed by atoms with Gasteiger partial charge in [-0.3, -0.25) is 4.98 Å². The van der Waals surface area contributed by atoms with Crippen LogP contribution in [0.15, 0.2) is 30.7 Å². The maximum atomic E-state index is 13.3. The van der Waals surface area contributed by atoms with Crippen molar-refractivity contribution in [2.75, 3.05) is 29.9 Å². The van der Waals surface area contributed by atoms with Crippen LogP contribution in [0.3, 0.4) is 0 Å². The van der Waals surface area contributed by atoms with Gasteiger partial charge in [-0.1, -0.05) is 6.42 Å². The number of rotatable bonds is 9. The fourth-order valence-electron chi connectivity index (χ4n) is 4.28. The van der Waals surface area contributed by atoms with E-state index in [9.17, 15) is 35.1 Å². The van der Waals surface area contributed by atoms with Crippen LogP contribution in [0.2, 0.25) is 0 Å². The average molecular weight is 553 g/mol. The highest BCUT2D eigenvalue weighted by molar-refractivity contribution is 5.52. The fourth-order valence-corrected chi connectivity index (χ4v) is 4.28. The van der Waals surface area contributed by atoms with Gasteiger partial charge in [0.25, 0.3) is 5.88 Å². The molecule has 0 bridgehead atoms. The van der Waals surface area contributed by atoms with Crippen molar-refractivity contribution in [1.29, 1.82) is 0 Å². The molecule has 0 aliphatic heterocycles. The fraction of sp³-hybridized carbons (Fsp3) is 0.545. The second kappa shape index (κ2) is 10.4. The summed E-state index contributed by atoms with van der Waals surface area (Å²) < 4.78 is 109. The third kappa shape index (κ3) is 5.99. The minimum absolute atomic E-state index is 0.00314. The largest absolute Gasteiger partial charge is 0.468 e. The predicted octanol–water partition coefficient (Wildman–Crippen LogP) is 5.22. The molecule has 0 amide bonds. The van der Waals surface area contributed by atoms with E-state index in [1.807, 2.05) is 11.8 Å². The molecule has 0 radical (unpaired) electrons. The molecule has 3 heterocycles. The van der Waals surface area contributed by atoms with Crippen molar-refractivity contribution >= 4 is 17.3 Å². The lowest BCUT2D eigenvalue weighted by molar-refractivity contribution is -0.290. The van der Waals surface area contributed by atoms with E-state index < -0.39 is 36.5 Å². The Balaban J connectivity index is 1.47. The molecule has 0 saturated heterocycles. The first-order valence-electron chi connectivity index (χ1n) is 11.6. The first-order chi connectivity index (χ1) is 17.8. The molecule has 0 unspecified atom stereocenters. The zero-order valence-corrected chi connectivity index (χ0v) is 19.9. The highest BCUT2D eigenvalue weighted by Gasteiger charge is 2.58. The molecule has 1 aliphatic carbocycles. The van der Waals surface area contributed by atoms with Crippen LogP contribution in [0.5, 0.6) is 5.88 Å². The van der Waals surface area contributed by atoms with Gasteiger partial charge in [0.05, 0.1) is 0 Å². The summed E-state index contributed by atoms with van der Waals surface area (Å²) in [6.45, 7) is 0.740. The standard InChI is InChI=1S/C22H23F8N7O/c1-2-36(14-6-7-31-16(10-14)21(25,26)27)11-13-4-3-5-15(13)33-19-34-17-18(32-8-9-37(17)35-19)38-12-20(23,24)22(28,29)30/h6-10,13,15H,2-5,11-12H2,1H3,(H,33,35)/t13-,15+/m0/s1. The number of ether oxygens (including phenoxy) is 1. The first-order valence-corrected chi connectivity index (χ1v) is 11.6. The number of anilines is 2. The Bertz CT molecular complexity index is 1250. The molecule has 0 spiro atoms. The van der Waals surface area contributed by atoms with Crippen molar-refractivity contribution in [3.63, 3.8) is 0 Å². The van der Waals surface area contributed by atoms with Gasteiger partial charge in [0.2, 0.25) is 11.6 Å². The summed E-state index contributed by atoms with van der Waals surface area (Å²) >= 11 is 0. The molecular formula is C22H23F8N7O. The van der Waals surface area contributed by atoms with Crippen molar-refractivity contribution in [1.82, 2.24) is 24.6 Å². The van der Waals surface area contributed by atoms with Gasteiger partial charge in [-0.2, -0.15) is 40.1 Å². The van der Waals surface area contributed by atoms with Gasteiger partial charge in [-0.05, 0) is 37.8 Å². The summed E-state index contributed by atoms with van der Waals surface area (Å²) in [7, 11) is 0. The second-order valence-corrected chi connectivity index (χ2v) is 8.80. The number of pyridine rings is 1. The molecule has 16 heteroatoms. The molecule has 8 nitrogen and oxygen atoms in total. The Morgan fingerprint density at radius 3 is 2.53 bits per heavy atom. The number of aromatic nitrogens is 5. The van der Waals surface area contributed by atoms with Crippen LogP contribution in [-0.2, 0) is 6.18 Å². The minimum atomic E-state index is -5.78. The van der Waals surface area contributed by atoms with E-state index in [0.717, 1.165) is 35.8 Å². The summed E-state index contributed by atoms with van der Waals surface area (Å²) in [5.41, 5.74) is -0.757. The number of hydrogen-bond acceptors (Lipinski definition) is 7. The molecule has 0 aromatic carbocycles. The van der Waals surface area contributed by atoms with Gasteiger partial charge in [0.15, 0.2) is 6.61 Å². The van der Waals surface area contributed by atoms with Gasteiger partial charge in [0.1, 0.15) is 5.69 Å². The number of halogens is 8. The average Bonchev–Trinajstić information content (AvgIpc) is 3.46. The Kier molecular flexibility index (Phi) is 7.52. The first kappa shape index (κ1) is 27.6.